The molecule has 6 heteroatoms. The van der Waals surface area contributed by atoms with Gasteiger partial charge in [0, 0.05) is 25.2 Å². The number of ether oxygens (including phenoxy) is 1. The highest BCUT2D eigenvalue weighted by atomic mass is 32.2. The topological polar surface area (TPSA) is 58.6 Å². The third-order valence-corrected chi connectivity index (χ3v) is 6.56. The standard InChI is InChI=1S/C16H24N2O3S/c1-11-8-12(2)16(21-3)15(9-11)22(19,20)18-7-6-13-4-5-14(10-18)17-13/h8-9,13-14,17H,4-7,10H2,1-3H3. The number of benzene rings is 1. The lowest BCUT2D eigenvalue weighted by Crippen LogP contribution is -2.39. The lowest BCUT2D eigenvalue weighted by molar-refractivity contribution is 0.372. The fourth-order valence-electron chi connectivity index (χ4n) is 3.64. The molecule has 0 amide bonds. The lowest BCUT2D eigenvalue weighted by atomic mass is 10.1. The molecule has 1 aromatic carbocycles. The summed E-state index contributed by atoms with van der Waals surface area (Å²) >= 11 is 0. The first-order valence-electron chi connectivity index (χ1n) is 7.83. The van der Waals surface area contributed by atoms with Crippen LogP contribution in [0.3, 0.4) is 0 Å². The van der Waals surface area contributed by atoms with Gasteiger partial charge in [0.05, 0.1) is 7.11 Å². The number of nitrogens with zero attached hydrogens (tertiary/aromatic N) is 1. The van der Waals surface area contributed by atoms with E-state index in [0.29, 0.717) is 29.8 Å². The summed E-state index contributed by atoms with van der Waals surface area (Å²) in [5.74, 6) is 0.466. The van der Waals surface area contributed by atoms with Crippen LogP contribution in [0.15, 0.2) is 17.0 Å². The Bertz CT molecular complexity index is 672. The minimum absolute atomic E-state index is 0.277. The molecule has 1 aromatic rings. The predicted molar refractivity (Wildman–Crippen MR) is 85.8 cm³/mol. The Morgan fingerprint density at radius 1 is 1.18 bits per heavy atom. The van der Waals surface area contributed by atoms with E-state index in [1.807, 2.05) is 19.9 Å². The highest BCUT2D eigenvalue weighted by Crippen LogP contribution is 2.33. The monoisotopic (exact) mass is 324 g/mol. The third-order valence-electron chi connectivity index (χ3n) is 4.69. The van der Waals surface area contributed by atoms with Crippen LogP contribution in [0.25, 0.3) is 0 Å². The molecule has 2 aliphatic heterocycles. The minimum Gasteiger partial charge on any atom is -0.495 e. The SMILES string of the molecule is COc1c(C)cc(C)cc1S(=O)(=O)N1CCC2CCC(C1)N2. The van der Waals surface area contributed by atoms with Crippen molar-refractivity contribution in [2.45, 2.75) is 50.1 Å². The van der Waals surface area contributed by atoms with Crippen molar-refractivity contribution in [3.05, 3.63) is 23.3 Å². The van der Waals surface area contributed by atoms with E-state index < -0.39 is 10.0 Å². The summed E-state index contributed by atoms with van der Waals surface area (Å²) in [6, 6.07) is 4.41. The quantitative estimate of drug-likeness (QED) is 0.921. The number of methoxy groups -OCH3 is 1. The van der Waals surface area contributed by atoms with Gasteiger partial charge < -0.3 is 10.1 Å². The molecule has 0 saturated carbocycles. The van der Waals surface area contributed by atoms with Crippen molar-refractivity contribution in [1.29, 1.82) is 0 Å². The van der Waals surface area contributed by atoms with Crippen molar-refractivity contribution in [1.82, 2.24) is 9.62 Å². The van der Waals surface area contributed by atoms with Gasteiger partial charge in [0.15, 0.2) is 0 Å². The molecule has 0 radical (unpaired) electrons. The Morgan fingerprint density at radius 3 is 2.64 bits per heavy atom. The fraction of sp³-hybridized carbons (Fsp3) is 0.625. The Morgan fingerprint density at radius 2 is 1.91 bits per heavy atom. The van der Waals surface area contributed by atoms with E-state index in [4.69, 9.17) is 4.74 Å². The Kier molecular flexibility index (Phi) is 4.18. The normalized spacial score (nSPS) is 26.0. The van der Waals surface area contributed by atoms with Crippen LogP contribution in [-0.4, -0.2) is 45.0 Å². The summed E-state index contributed by atoms with van der Waals surface area (Å²) in [7, 11) is -2.00. The van der Waals surface area contributed by atoms with Gasteiger partial charge in [-0.25, -0.2) is 8.42 Å². The Hall–Kier alpha value is -1.11. The van der Waals surface area contributed by atoms with E-state index in [-0.39, 0.29) is 6.04 Å². The van der Waals surface area contributed by atoms with Gasteiger partial charge in [-0.2, -0.15) is 4.31 Å². The average Bonchev–Trinajstić information content (AvgIpc) is 2.76. The van der Waals surface area contributed by atoms with E-state index in [1.54, 1.807) is 10.4 Å². The maximum absolute atomic E-state index is 13.1. The van der Waals surface area contributed by atoms with Gasteiger partial charge in [-0.1, -0.05) is 6.07 Å². The first-order valence-corrected chi connectivity index (χ1v) is 9.27. The van der Waals surface area contributed by atoms with Gasteiger partial charge in [-0.05, 0) is 50.3 Å². The number of hydrogen-bond acceptors (Lipinski definition) is 4. The van der Waals surface area contributed by atoms with E-state index >= 15 is 0 Å². The van der Waals surface area contributed by atoms with Crippen molar-refractivity contribution >= 4 is 10.0 Å². The first-order chi connectivity index (χ1) is 10.4. The second-order valence-electron chi connectivity index (χ2n) is 6.40. The summed E-state index contributed by atoms with van der Waals surface area (Å²) in [6.07, 6.45) is 3.09. The van der Waals surface area contributed by atoms with Crippen molar-refractivity contribution in [2.24, 2.45) is 0 Å². The van der Waals surface area contributed by atoms with Crippen LogP contribution >= 0.6 is 0 Å². The lowest BCUT2D eigenvalue weighted by Gasteiger charge is -2.25. The minimum atomic E-state index is -3.53. The molecule has 2 fully saturated rings. The zero-order valence-electron chi connectivity index (χ0n) is 13.4. The largest absolute Gasteiger partial charge is 0.495 e. The Balaban J connectivity index is 1.99. The highest BCUT2D eigenvalue weighted by Gasteiger charge is 2.36. The Labute approximate surface area is 132 Å². The van der Waals surface area contributed by atoms with Gasteiger partial charge in [-0.3, -0.25) is 0 Å². The molecule has 2 atom stereocenters. The second kappa shape index (κ2) is 5.83. The number of aryl methyl sites for hydroxylation is 2. The van der Waals surface area contributed by atoms with Crippen molar-refractivity contribution in [2.75, 3.05) is 20.2 Å². The van der Waals surface area contributed by atoms with E-state index in [9.17, 15) is 8.42 Å². The molecule has 5 nitrogen and oxygen atoms in total. The molecule has 0 aliphatic carbocycles. The maximum atomic E-state index is 13.1. The van der Waals surface area contributed by atoms with Crippen LogP contribution < -0.4 is 10.1 Å². The molecule has 1 N–H and O–H groups in total. The van der Waals surface area contributed by atoms with Gasteiger partial charge in [0.1, 0.15) is 10.6 Å². The number of fused-ring (bicyclic) bond motifs is 2. The van der Waals surface area contributed by atoms with E-state index in [0.717, 1.165) is 30.4 Å². The molecule has 2 unspecified atom stereocenters. The highest BCUT2D eigenvalue weighted by molar-refractivity contribution is 7.89. The van der Waals surface area contributed by atoms with Gasteiger partial charge in [0.25, 0.3) is 0 Å². The second-order valence-corrected chi connectivity index (χ2v) is 8.31. The molecule has 2 aliphatic rings. The summed E-state index contributed by atoms with van der Waals surface area (Å²) in [6.45, 7) is 4.93. The van der Waals surface area contributed by atoms with Crippen LogP contribution in [-0.2, 0) is 10.0 Å². The summed E-state index contributed by atoms with van der Waals surface area (Å²) in [5.41, 5.74) is 1.79. The summed E-state index contributed by atoms with van der Waals surface area (Å²) in [4.78, 5) is 0.297. The van der Waals surface area contributed by atoms with Gasteiger partial charge in [-0.15, -0.1) is 0 Å². The molecular weight excluding hydrogens is 300 g/mol. The molecule has 2 bridgehead atoms. The zero-order valence-corrected chi connectivity index (χ0v) is 14.2. The van der Waals surface area contributed by atoms with Crippen LogP contribution in [0.5, 0.6) is 5.75 Å². The van der Waals surface area contributed by atoms with Crippen molar-refractivity contribution in [3.63, 3.8) is 0 Å². The van der Waals surface area contributed by atoms with Crippen LogP contribution in [0, 0.1) is 13.8 Å². The van der Waals surface area contributed by atoms with Crippen LogP contribution in [0.2, 0.25) is 0 Å². The number of rotatable bonds is 3. The molecule has 0 spiro atoms. The molecule has 22 heavy (non-hydrogen) atoms. The number of nitrogens with one attached hydrogen (secondary N) is 1. The molecule has 122 valence electrons. The molecule has 0 aromatic heterocycles. The fourth-order valence-corrected chi connectivity index (χ4v) is 5.45. The first kappa shape index (κ1) is 15.8. The summed E-state index contributed by atoms with van der Waals surface area (Å²) < 4.78 is 33.2. The third kappa shape index (κ3) is 2.75. The summed E-state index contributed by atoms with van der Waals surface area (Å²) in [5, 5.41) is 3.52. The smallest absolute Gasteiger partial charge is 0.246 e. The molecule has 2 heterocycles. The number of hydrogen-bond donors (Lipinski definition) is 1. The van der Waals surface area contributed by atoms with Gasteiger partial charge >= 0.3 is 0 Å². The van der Waals surface area contributed by atoms with Crippen LogP contribution in [0.1, 0.15) is 30.4 Å². The molecule has 3 rings (SSSR count). The predicted octanol–water partition coefficient (Wildman–Crippen LogP) is 1.83. The molecular formula is C16H24N2O3S. The average molecular weight is 324 g/mol. The van der Waals surface area contributed by atoms with Crippen LogP contribution in [0.4, 0.5) is 0 Å². The van der Waals surface area contributed by atoms with E-state index in [2.05, 4.69) is 5.32 Å². The molecule has 2 saturated heterocycles. The number of sulfonamides is 1. The van der Waals surface area contributed by atoms with Crippen molar-refractivity contribution in [3.8, 4) is 5.75 Å². The van der Waals surface area contributed by atoms with Crippen molar-refractivity contribution < 1.29 is 13.2 Å². The van der Waals surface area contributed by atoms with Gasteiger partial charge in [0.2, 0.25) is 10.0 Å². The van der Waals surface area contributed by atoms with E-state index in [1.165, 1.54) is 7.11 Å². The maximum Gasteiger partial charge on any atom is 0.246 e. The zero-order chi connectivity index (χ0) is 15.9.